The molecule has 0 unspecified atom stereocenters. The van der Waals surface area contributed by atoms with Crippen molar-refractivity contribution in [3.05, 3.63) is 66.2 Å². The first-order valence-electron chi connectivity index (χ1n) is 10.3. The van der Waals surface area contributed by atoms with Crippen molar-refractivity contribution in [2.45, 2.75) is 33.0 Å². The van der Waals surface area contributed by atoms with E-state index in [1.54, 1.807) is 18.3 Å². The molecule has 1 aliphatic rings. The molecule has 0 amide bonds. The van der Waals surface area contributed by atoms with Gasteiger partial charge >= 0.3 is 5.97 Å². The van der Waals surface area contributed by atoms with E-state index in [1.165, 1.54) is 11.1 Å². The Balaban J connectivity index is 1.56. The van der Waals surface area contributed by atoms with Crippen LogP contribution in [0.2, 0.25) is 0 Å². The first-order chi connectivity index (χ1) is 14.1. The highest BCUT2D eigenvalue weighted by atomic mass is 16.5. The standard InChI is InChI=1S/C23H31N4O2/c1-4-24-16-19-7-9-20(10-8-19)17-26-12-14-27(15-13-26)22-21(6-5-11-25-22)23(28)29-18(2)3/h5-11,18,24H,1,4,12-17H2,2-3H3/q+1. The summed E-state index contributed by atoms with van der Waals surface area (Å²) in [4.78, 5) is 21.5. The van der Waals surface area contributed by atoms with Gasteiger partial charge in [0, 0.05) is 45.5 Å². The number of piperazine rings is 1. The fourth-order valence-electron chi connectivity index (χ4n) is 3.46. The van der Waals surface area contributed by atoms with Gasteiger partial charge in [-0.15, -0.1) is 0 Å². The summed E-state index contributed by atoms with van der Waals surface area (Å²) >= 11 is 0. The van der Waals surface area contributed by atoms with Crippen LogP contribution in [0.1, 0.15) is 35.3 Å². The minimum atomic E-state index is -0.307. The fourth-order valence-corrected chi connectivity index (χ4v) is 3.46. The average Bonchev–Trinajstić information content (AvgIpc) is 2.73. The van der Waals surface area contributed by atoms with Gasteiger partial charge in [0.25, 0.3) is 0 Å². The van der Waals surface area contributed by atoms with Crippen LogP contribution in [0.4, 0.5) is 5.82 Å². The number of aromatic nitrogens is 1. The lowest BCUT2D eigenvalue weighted by molar-refractivity contribution is 0.0378. The molecule has 0 radical (unpaired) electrons. The molecule has 0 atom stereocenters. The number of pyridine rings is 1. The van der Waals surface area contributed by atoms with Crippen LogP contribution < -0.4 is 10.2 Å². The van der Waals surface area contributed by atoms with Crippen LogP contribution in [-0.4, -0.2) is 54.7 Å². The van der Waals surface area contributed by atoms with Crippen LogP contribution in [0.15, 0.2) is 42.6 Å². The van der Waals surface area contributed by atoms with Gasteiger partial charge in [-0.05, 0) is 37.1 Å². The second-order valence-corrected chi connectivity index (χ2v) is 7.59. The molecule has 1 aromatic heterocycles. The summed E-state index contributed by atoms with van der Waals surface area (Å²) in [5, 5.41) is 3.24. The Labute approximate surface area is 173 Å². The second kappa shape index (κ2) is 10.3. The number of hydrogen-bond donors (Lipinski definition) is 1. The van der Waals surface area contributed by atoms with E-state index in [0.29, 0.717) is 5.56 Å². The van der Waals surface area contributed by atoms with Crippen LogP contribution in [-0.2, 0) is 17.8 Å². The summed E-state index contributed by atoms with van der Waals surface area (Å²) in [6, 6.07) is 12.3. The topological polar surface area (TPSA) is 57.7 Å². The Bertz CT molecular complexity index is 784. The van der Waals surface area contributed by atoms with Gasteiger partial charge in [-0.1, -0.05) is 24.3 Å². The van der Waals surface area contributed by atoms with Crippen molar-refractivity contribution in [1.29, 1.82) is 0 Å². The highest BCUT2D eigenvalue weighted by molar-refractivity contribution is 5.94. The molecule has 29 heavy (non-hydrogen) atoms. The Morgan fingerprint density at radius 3 is 2.48 bits per heavy atom. The van der Waals surface area contributed by atoms with Crippen molar-refractivity contribution in [2.24, 2.45) is 0 Å². The molecule has 3 rings (SSSR count). The number of carbonyl (C=O) groups excluding carboxylic acids is 1. The van der Waals surface area contributed by atoms with E-state index >= 15 is 0 Å². The largest absolute Gasteiger partial charge is 0.459 e. The number of ether oxygens (including phenoxy) is 1. The zero-order valence-corrected chi connectivity index (χ0v) is 17.4. The molecule has 1 aliphatic heterocycles. The lowest BCUT2D eigenvalue weighted by Gasteiger charge is -2.36. The molecule has 1 fully saturated rings. The minimum Gasteiger partial charge on any atom is -0.459 e. The van der Waals surface area contributed by atoms with Gasteiger partial charge in [-0.2, -0.15) is 0 Å². The van der Waals surface area contributed by atoms with Crippen LogP contribution in [0.25, 0.3) is 0 Å². The smallest absolute Gasteiger partial charge is 0.342 e. The molecule has 6 heteroatoms. The number of hydrogen-bond acceptors (Lipinski definition) is 6. The van der Waals surface area contributed by atoms with E-state index in [0.717, 1.165) is 51.6 Å². The Morgan fingerprint density at radius 2 is 1.83 bits per heavy atom. The normalized spacial score (nSPS) is 14.9. The molecule has 1 N–H and O–H groups in total. The second-order valence-electron chi connectivity index (χ2n) is 7.59. The summed E-state index contributed by atoms with van der Waals surface area (Å²) in [5.41, 5.74) is 3.13. The van der Waals surface area contributed by atoms with Gasteiger partial charge < -0.3 is 9.64 Å². The van der Waals surface area contributed by atoms with Crippen molar-refractivity contribution >= 4 is 11.8 Å². The molecule has 0 saturated carbocycles. The SMILES string of the molecule is [CH2+]CNCc1ccc(CN2CCN(c3ncccc3C(=O)OC(C)C)CC2)cc1. The van der Waals surface area contributed by atoms with Crippen LogP contribution in [0.5, 0.6) is 0 Å². The summed E-state index contributed by atoms with van der Waals surface area (Å²) in [6.45, 7) is 13.6. The van der Waals surface area contributed by atoms with Crippen molar-refractivity contribution < 1.29 is 9.53 Å². The van der Waals surface area contributed by atoms with E-state index in [2.05, 4.69) is 51.3 Å². The van der Waals surface area contributed by atoms with Gasteiger partial charge in [-0.25, -0.2) is 9.78 Å². The molecule has 1 saturated heterocycles. The third-order valence-corrected chi connectivity index (χ3v) is 4.96. The molecule has 0 bridgehead atoms. The molecular weight excluding hydrogens is 364 g/mol. The summed E-state index contributed by atoms with van der Waals surface area (Å²) in [5.74, 6) is 0.416. The zero-order chi connectivity index (χ0) is 20.6. The van der Waals surface area contributed by atoms with Crippen molar-refractivity contribution in [3.8, 4) is 0 Å². The highest BCUT2D eigenvalue weighted by Crippen LogP contribution is 2.21. The van der Waals surface area contributed by atoms with E-state index in [4.69, 9.17) is 4.74 Å². The Hall–Kier alpha value is -2.57. The van der Waals surface area contributed by atoms with E-state index < -0.39 is 0 Å². The summed E-state index contributed by atoms with van der Waals surface area (Å²) < 4.78 is 5.38. The average molecular weight is 396 g/mol. The summed E-state index contributed by atoms with van der Waals surface area (Å²) in [7, 11) is 0. The monoisotopic (exact) mass is 395 g/mol. The van der Waals surface area contributed by atoms with Gasteiger partial charge in [0.05, 0.1) is 13.0 Å². The van der Waals surface area contributed by atoms with Crippen LogP contribution in [0, 0.1) is 6.92 Å². The molecule has 0 aliphatic carbocycles. The molecule has 6 nitrogen and oxygen atoms in total. The van der Waals surface area contributed by atoms with Crippen molar-refractivity contribution in [1.82, 2.24) is 15.2 Å². The number of esters is 1. The van der Waals surface area contributed by atoms with E-state index in [9.17, 15) is 4.79 Å². The predicted molar refractivity (Wildman–Crippen MR) is 116 cm³/mol. The van der Waals surface area contributed by atoms with Gasteiger partial charge in [-0.3, -0.25) is 10.2 Å². The van der Waals surface area contributed by atoms with Gasteiger partial charge in [0.15, 0.2) is 0 Å². The van der Waals surface area contributed by atoms with Crippen molar-refractivity contribution in [3.63, 3.8) is 0 Å². The number of nitrogens with one attached hydrogen (secondary N) is 1. The molecule has 154 valence electrons. The number of carbonyl (C=O) groups is 1. The van der Waals surface area contributed by atoms with E-state index in [1.807, 2.05) is 13.8 Å². The zero-order valence-electron chi connectivity index (χ0n) is 17.4. The molecule has 0 spiro atoms. The number of benzene rings is 1. The number of anilines is 1. The maximum Gasteiger partial charge on any atom is 0.342 e. The van der Waals surface area contributed by atoms with Crippen LogP contribution >= 0.6 is 0 Å². The van der Waals surface area contributed by atoms with E-state index in [-0.39, 0.29) is 12.1 Å². The third-order valence-electron chi connectivity index (χ3n) is 4.96. The maximum absolute atomic E-state index is 12.4. The highest BCUT2D eigenvalue weighted by Gasteiger charge is 2.23. The first kappa shape index (κ1) is 21.1. The Morgan fingerprint density at radius 1 is 1.14 bits per heavy atom. The molecule has 1 aromatic carbocycles. The van der Waals surface area contributed by atoms with Gasteiger partial charge in [0.1, 0.15) is 17.9 Å². The molecular formula is C23H31N4O2+. The molecule has 2 aromatic rings. The minimum absolute atomic E-state index is 0.145. The fraction of sp³-hybridized carbons (Fsp3) is 0.435. The number of nitrogens with zero attached hydrogens (tertiary/aromatic N) is 3. The predicted octanol–water partition coefficient (Wildman–Crippen LogP) is 2.89. The Kier molecular flexibility index (Phi) is 7.49. The van der Waals surface area contributed by atoms with Crippen molar-refractivity contribution in [2.75, 3.05) is 37.6 Å². The summed E-state index contributed by atoms with van der Waals surface area (Å²) in [6.07, 6.45) is 1.59. The third kappa shape index (κ3) is 5.95. The quantitative estimate of drug-likeness (QED) is 0.548. The van der Waals surface area contributed by atoms with Crippen LogP contribution in [0.3, 0.4) is 0 Å². The lowest BCUT2D eigenvalue weighted by atomic mass is 10.1. The lowest BCUT2D eigenvalue weighted by Crippen LogP contribution is -2.46. The van der Waals surface area contributed by atoms with Gasteiger partial charge in [0.2, 0.25) is 0 Å². The first-order valence-corrected chi connectivity index (χ1v) is 10.3. The molecule has 2 heterocycles. The maximum atomic E-state index is 12.4. The number of rotatable bonds is 8.